The Morgan fingerprint density at radius 1 is 0.700 bits per heavy atom. The summed E-state index contributed by atoms with van der Waals surface area (Å²) in [5, 5.41) is 3.74. The van der Waals surface area contributed by atoms with Crippen LogP contribution in [0.2, 0.25) is 0 Å². The molecule has 2 heteroatoms. The van der Waals surface area contributed by atoms with Gasteiger partial charge in [-0.25, -0.2) is 0 Å². The molecule has 2 saturated heterocycles. The highest BCUT2D eigenvalue weighted by Gasteiger charge is 2.30. The quantitative estimate of drug-likeness (QED) is 0.773. The average molecular weight is 278 g/mol. The summed E-state index contributed by atoms with van der Waals surface area (Å²) in [5.74, 6) is 2.06. The zero-order chi connectivity index (χ0) is 13.6. The van der Waals surface area contributed by atoms with Crippen molar-refractivity contribution in [2.24, 2.45) is 11.8 Å². The molecule has 2 heterocycles. The van der Waals surface area contributed by atoms with Gasteiger partial charge in [-0.1, -0.05) is 44.9 Å². The fourth-order valence-electron chi connectivity index (χ4n) is 4.88. The van der Waals surface area contributed by atoms with E-state index in [1.165, 1.54) is 96.8 Å². The van der Waals surface area contributed by atoms with Crippen molar-refractivity contribution in [1.29, 1.82) is 0 Å². The molecular formula is C18H34N2. The van der Waals surface area contributed by atoms with Crippen LogP contribution >= 0.6 is 0 Å². The average Bonchev–Trinajstić information content (AvgIpc) is 2.91. The molecule has 0 spiro atoms. The first-order chi connectivity index (χ1) is 9.93. The van der Waals surface area contributed by atoms with Gasteiger partial charge >= 0.3 is 0 Å². The van der Waals surface area contributed by atoms with Gasteiger partial charge in [0.05, 0.1) is 0 Å². The smallest absolute Gasteiger partial charge is 0.0223 e. The molecule has 0 aromatic rings. The summed E-state index contributed by atoms with van der Waals surface area (Å²) in [6, 6.07) is 0.839. The molecule has 0 aromatic heterocycles. The topological polar surface area (TPSA) is 15.3 Å². The second kappa shape index (κ2) is 7.79. The van der Waals surface area contributed by atoms with E-state index in [0.717, 1.165) is 17.9 Å². The van der Waals surface area contributed by atoms with Crippen molar-refractivity contribution in [2.75, 3.05) is 26.2 Å². The van der Waals surface area contributed by atoms with E-state index >= 15 is 0 Å². The van der Waals surface area contributed by atoms with Crippen molar-refractivity contribution >= 4 is 0 Å². The summed E-state index contributed by atoms with van der Waals surface area (Å²) in [4.78, 5) is 2.81. The second-order valence-corrected chi connectivity index (χ2v) is 7.49. The number of hydrogen-bond acceptors (Lipinski definition) is 2. The van der Waals surface area contributed by atoms with Crippen LogP contribution < -0.4 is 5.32 Å². The molecule has 1 N–H and O–H groups in total. The van der Waals surface area contributed by atoms with Gasteiger partial charge in [0.15, 0.2) is 0 Å². The highest BCUT2D eigenvalue weighted by atomic mass is 15.2. The fraction of sp³-hybridized carbons (Fsp3) is 1.00. The normalized spacial score (nSPS) is 35.4. The van der Waals surface area contributed by atoms with Gasteiger partial charge in [0.25, 0.3) is 0 Å². The van der Waals surface area contributed by atoms with Crippen LogP contribution in [0.25, 0.3) is 0 Å². The van der Waals surface area contributed by atoms with E-state index in [4.69, 9.17) is 0 Å². The molecule has 2 nitrogen and oxygen atoms in total. The minimum absolute atomic E-state index is 0.839. The maximum atomic E-state index is 3.74. The molecular weight excluding hydrogens is 244 g/mol. The van der Waals surface area contributed by atoms with Crippen LogP contribution in [0.5, 0.6) is 0 Å². The molecule has 0 radical (unpaired) electrons. The Bertz CT molecular complexity index is 265. The SMILES string of the molecule is C1CCCC(C2CCNCC(N3CCCCC3)C2)CC1. The summed E-state index contributed by atoms with van der Waals surface area (Å²) in [7, 11) is 0. The van der Waals surface area contributed by atoms with Gasteiger partial charge in [-0.3, -0.25) is 4.90 Å². The number of rotatable bonds is 2. The lowest BCUT2D eigenvalue weighted by Gasteiger charge is -2.36. The Morgan fingerprint density at radius 2 is 1.40 bits per heavy atom. The van der Waals surface area contributed by atoms with E-state index in [2.05, 4.69) is 10.2 Å². The number of nitrogens with zero attached hydrogens (tertiary/aromatic N) is 1. The lowest BCUT2D eigenvalue weighted by Crippen LogP contribution is -2.44. The lowest BCUT2D eigenvalue weighted by molar-refractivity contribution is 0.131. The Kier molecular flexibility index (Phi) is 5.78. The number of piperidine rings is 1. The molecule has 1 aliphatic carbocycles. The molecule has 0 aromatic carbocycles. The van der Waals surface area contributed by atoms with Crippen LogP contribution in [0, 0.1) is 11.8 Å². The molecule has 2 atom stereocenters. The summed E-state index contributed by atoms with van der Waals surface area (Å²) < 4.78 is 0. The Balaban J connectivity index is 1.58. The maximum Gasteiger partial charge on any atom is 0.0223 e. The summed E-state index contributed by atoms with van der Waals surface area (Å²) in [6.45, 7) is 5.25. The standard InChI is InChI=1S/C18H34N2/c1-2-5-9-16(8-4-1)17-10-11-19-15-18(14-17)20-12-6-3-7-13-20/h16-19H,1-15H2. The lowest BCUT2D eigenvalue weighted by atomic mass is 9.80. The zero-order valence-corrected chi connectivity index (χ0v) is 13.3. The number of likely N-dealkylation sites (tertiary alicyclic amines) is 1. The van der Waals surface area contributed by atoms with Gasteiger partial charge in [-0.05, 0) is 57.2 Å². The van der Waals surface area contributed by atoms with Crippen LogP contribution in [0.4, 0.5) is 0 Å². The van der Waals surface area contributed by atoms with Crippen molar-refractivity contribution in [3.63, 3.8) is 0 Å². The second-order valence-electron chi connectivity index (χ2n) is 7.49. The van der Waals surface area contributed by atoms with Crippen molar-refractivity contribution in [2.45, 2.75) is 76.7 Å². The molecule has 20 heavy (non-hydrogen) atoms. The minimum atomic E-state index is 0.839. The van der Waals surface area contributed by atoms with Gasteiger partial charge in [0, 0.05) is 12.6 Å². The van der Waals surface area contributed by atoms with Gasteiger partial charge in [0.1, 0.15) is 0 Å². The predicted octanol–water partition coefficient (Wildman–Crippen LogP) is 3.81. The predicted molar refractivity (Wildman–Crippen MR) is 86.0 cm³/mol. The van der Waals surface area contributed by atoms with Gasteiger partial charge in [0.2, 0.25) is 0 Å². The number of hydrogen-bond donors (Lipinski definition) is 1. The summed E-state index contributed by atoms with van der Waals surface area (Å²) in [6.07, 6.45) is 16.3. The largest absolute Gasteiger partial charge is 0.315 e. The van der Waals surface area contributed by atoms with E-state index in [1.54, 1.807) is 0 Å². The third kappa shape index (κ3) is 3.98. The first-order valence-electron chi connectivity index (χ1n) is 9.38. The molecule has 2 aliphatic heterocycles. The monoisotopic (exact) mass is 278 g/mol. The van der Waals surface area contributed by atoms with Gasteiger partial charge < -0.3 is 5.32 Å². The molecule has 0 amide bonds. The fourth-order valence-corrected chi connectivity index (χ4v) is 4.88. The third-order valence-corrected chi connectivity index (χ3v) is 6.12. The van der Waals surface area contributed by atoms with E-state index < -0.39 is 0 Å². The zero-order valence-electron chi connectivity index (χ0n) is 13.3. The van der Waals surface area contributed by atoms with Crippen molar-refractivity contribution < 1.29 is 0 Å². The first-order valence-corrected chi connectivity index (χ1v) is 9.38. The van der Waals surface area contributed by atoms with Gasteiger partial charge in [-0.15, -0.1) is 0 Å². The van der Waals surface area contributed by atoms with Crippen LogP contribution in [0.15, 0.2) is 0 Å². The highest BCUT2D eigenvalue weighted by molar-refractivity contribution is 4.85. The first kappa shape index (κ1) is 14.8. The van der Waals surface area contributed by atoms with Crippen LogP contribution in [0.3, 0.4) is 0 Å². The minimum Gasteiger partial charge on any atom is -0.315 e. The summed E-state index contributed by atoms with van der Waals surface area (Å²) in [5.41, 5.74) is 0. The molecule has 3 aliphatic rings. The summed E-state index contributed by atoms with van der Waals surface area (Å²) >= 11 is 0. The maximum absolute atomic E-state index is 3.74. The van der Waals surface area contributed by atoms with E-state index in [1.807, 2.05) is 0 Å². The van der Waals surface area contributed by atoms with Gasteiger partial charge in [-0.2, -0.15) is 0 Å². The van der Waals surface area contributed by atoms with Crippen molar-refractivity contribution in [3.05, 3.63) is 0 Å². The molecule has 116 valence electrons. The van der Waals surface area contributed by atoms with Crippen molar-refractivity contribution in [3.8, 4) is 0 Å². The number of nitrogens with one attached hydrogen (secondary N) is 1. The van der Waals surface area contributed by atoms with E-state index in [-0.39, 0.29) is 0 Å². The molecule has 3 rings (SSSR count). The third-order valence-electron chi connectivity index (χ3n) is 6.12. The Labute approximate surface area is 125 Å². The van der Waals surface area contributed by atoms with E-state index in [9.17, 15) is 0 Å². The van der Waals surface area contributed by atoms with Crippen molar-refractivity contribution in [1.82, 2.24) is 10.2 Å². The molecule has 1 saturated carbocycles. The Hall–Kier alpha value is -0.0800. The van der Waals surface area contributed by atoms with Crippen LogP contribution in [0.1, 0.15) is 70.6 Å². The molecule has 0 bridgehead atoms. The van der Waals surface area contributed by atoms with E-state index in [0.29, 0.717) is 0 Å². The molecule has 3 fully saturated rings. The van der Waals surface area contributed by atoms with Crippen LogP contribution in [-0.4, -0.2) is 37.1 Å². The molecule has 2 unspecified atom stereocenters. The van der Waals surface area contributed by atoms with Crippen LogP contribution in [-0.2, 0) is 0 Å². The Morgan fingerprint density at radius 3 is 2.15 bits per heavy atom. The highest BCUT2D eigenvalue weighted by Crippen LogP contribution is 2.35.